The molecule has 6 aliphatic rings. The van der Waals surface area contributed by atoms with Crippen LogP contribution in [-0.4, -0.2) is 77.2 Å². The first-order chi connectivity index (χ1) is 22.1. The molecular weight excluding hydrogens is 602 g/mol. The van der Waals surface area contributed by atoms with Gasteiger partial charge in [-0.15, -0.1) is 0 Å². The molecule has 0 unspecified atom stereocenters. The first kappa shape index (κ1) is 36.0. The Morgan fingerprint density at radius 1 is 0.958 bits per heavy atom. The van der Waals surface area contributed by atoms with E-state index >= 15 is 0 Å². The minimum absolute atomic E-state index is 0.00291. The summed E-state index contributed by atoms with van der Waals surface area (Å²) < 4.78 is 5.63. The van der Waals surface area contributed by atoms with Crippen molar-refractivity contribution in [3.05, 3.63) is 11.6 Å². The Kier molecular flexibility index (Phi) is 8.73. The smallest absolute Gasteiger partial charge is 0.243 e. The number of fused-ring (bicyclic) bond motifs is 7. The van der Waals surface area contributed by atoms with E-state index in [2.05, 4.69) is 59.9 Å². The summed E-state index contributed by atoms with van der Waals surface area (Å²) in [6.07, 6.45) is 9.97. The van der Waals surface area contributed by atoms with Crippen molar-refractivity contribution in [1.29, 1.82) is 0 Å². The van der Waals surface area contributed by atoms with Crippen LogP contribution in [0.15, 0.2) is 11.6 Å². The number of nitrogens with one attached hydrogen (secondary N) is 1. The third-order valence-electron chi connectivity index (χ3n) is 15.4. The summed E-state index contributed by atoms with van der Waals surface area (Å²) in [4.78, 5) is 42.8. The second-order valence-corrected chi connectivity index (χ2v) is 19.9. The van der Waals surface area contributed by atoms with Crippen molar-refractivity contribution in [2.75, 3.05) is 32.8 Å². The van der Waals surface area contributed by atoms with E-state index in [1.807, 2.05) is 25.8 Å². The molecule has 1 saturated heterocycles. The first-order valence-electron chi connectivity index (χ1n) is 19.0. The Morgan fingerprint density at radius 3 is 2.25 bits per heavy atom. The maximum absolute atomic E-state index is 14.8. The van der Waals surface area contributed by atoms with Gasteiger partial charge in [0.2, 0.25) is 11.8 Å². The topological polar surface area (TPSA) is 99.2 Å². The number of hydrogen-bond donors (Lipinski definition) is 2. The third-order valence-corrected chi connectivity index (χ3v) is 15.4. The highest BCUT2D eigenvalue weighted by Gasteiger charge is 2.70. The van der Waals surface area contributed by atoms with E-state index in [4.69, 9.17) is 4.74 Å². The summed E-state index contributed by atoms with van der Waals surface area (Å²) >= 11 is 0. The van der Waals surface area contributed by atoms with E-state index in [0.717, 1.165) is 51.4 Å². The van der Waals surface area contributed by atoms with Crippen molar-refractivity contribution in [3.63, 3.8) is 0 Å². The lowest BCUT2D eigenvalue weighted by Gasteiger charge is -2.70. The Balaban J connectivity index is 1.34. The molecular formula is C40H65N3O5. The molecule has 2 amide bonds. The first-order valence-corrected chi connectivity index (χ1v) is 19.0. The van der Waals surface area contributed by atoms with Gasteiger partial charge in [0.05, 0.1) is 19.3 Å². The number of ether oxygens (including phenoxy) is 1. The normalized spacial score (nSPS) is 44.3. The molecule has 0 spiro atoms. The zero-order valence-corrected chi connectivity index (χ0v) is 31.8. The summed E-state index contributed by atoms with van der Waals surface area (Å²) in [7, 11) is 0. The highest BCUT2D eigenvalue weighted by molar-refractivity contribution is 5.96. The second kappa shape index (κ2) is 11.6. The van der Waals surface area contributed by atoms with Gasteiger partial charge in [-0.05, 0) is 124 Å². The summed E-state index contributed by atoms with van der Waals surface area (Å²) in [5.41, 5.74) is -0.411. The molecule has 0 bridgehead atoms. The maximum Gasteiger partial charge on any atom is 0.243 e. The number of allylic oxidation sites excluding steroid dienone is 2. The Hall–Kier alpha value is -1.77. The molecule has 1 heterocycles. The van der Waals surface area contributed by atoms with Gasteiger partial charge in [0.25, 0.3) is 0 Å². The van der Waals surface area contributed by atoms with Gasteiger partial charge in [-0.3, -0.25) is 19.4 Å². The minimum Gasteiger partial charge on any atom is -0.393 e. The summed E-state index contributed by atoms with van der Waals surface area (Å²) in [6.45, 7) is 24.3. The molecule has 5 fully saturated rings. The summed E-state index contributed by atoms with van der Waals surface area (Å²) in [5, 5.41) is 17.9. The number of rotatable bonds is 4. The van der Waals surface area contributed by atoms with Gasteiger partial charge in [0, 0.05) is 30.0 Å². The van der Waals surface area contributed by atoms with Crippen LogP contribution in [0, 0.1) is 50.2 Å². The molecule has 0 radical (unpaired) electrons. The van der Waals surface area contributed by atoms with Gasteiger partial charge in [0.1, 0.15) is 6.54 Å². The van der Waals surface area contributed by atoms with E-state index < -0.39 is 11.0 Å². The number of carbonyl (C=O) groups is 3. The molecule has 2 N–H and O–H groups in total. The van der Waals surface area contributed by atoms with Gasteiger partial charge in [0.15, 0.2) is 5.78 Å². The van der Waals surface area contributed by atoms with Crippen LogP contribution >= 0.6 is 0 Å². The molecule has 270 valence electrons. The molecule has 4 saturated carbocycles. The van der Waals surface area contributed by atoms with E-state index in [1.165, 1.54) is 5.57 Å². The molecule has 8 nitrogen and oxygen atoms in total. The summed E-state index contributed by atoms with van der Waals surface area (Å²) in [5.74, 6) is 0.514. The van der Waals surface area contributed by atoms with Crippen LogP contribution in [-0.2, 0) is 19.1 Å². The molecule has 5 aliphatic carbocycles. The molecule has 6 rings (SSSR count). The maximum atomic E-state index is 14.8. The fraction of sp³-hybridized carbons (Fsp3) is 0.875. The van der Waals surface area contributed by atoms with Gasteiger partial charge >= 0.3 is 0 Å². The molecule has 48 heavy (non-hydrogen) atoms. The SMILES string of the molecule is CC(C)(C)NC(=O)CN(C(=O)[C@@]1(C)CC[C@]2(C)CC[C@]3(C)C(=CC(=O)[C@@H]4[C@@]5(C)CC[C@H](O)C(C)(C)[C@@H]5CC[C@]43C)[C@@H]2C1)N1CCOCC1. The van der Waals surface area contributed by atoms with E-state index in [1.54, 1.807) is 5.01 Å². The van der Waals surface area contributed by atoms with Crippen molar-refractivity contribution in [2.24, 2.45) is 50.2 Å². The molecule has 9 atom stereocenters. The largest absolute Gasteiger partial charge is 0.393 e. The number of aliphatic hydroxyl groups excluding tert-OH is 1. The van der Waals surface area contributed by atoms with Crippen LogP contribution < -0.4 is 5.32 Å². The van der Waals surface area contributed by atoms with Crippen LogP contribution in [0.3, 0.4) is 0 Å². The number of nitrogens with zero attached hydrogens (tertiary/aromatic N) is 2. The quantitative estimate of drug-likeness (QED) is 0.364. The Labute approximate surface area is 290 Å². The fourth-order valence-corrected chi connectivity index (χ4v) is 12.4. The Bertz CT molecular complexity index is 1360. The second-order valence-electron chi connectivity index (χ2n) is 19.9. The third kappa shape index (κ3) is 5.44. The molecule has 0 aromatic heterocycles. The van der Waals surface area contributed by atoms with Crippen molar-refractivity contribution in [1.82, 2.24) is 15.3 Å². The van der Waals surface area contributed by atoms with E-state index in [9.17, 15) is 19.5 Å². The number of amides is 2. The molecule has 1 aliphatic heterocycles. The number of ketones is 1. The van der Waals surface area contributed by atoms with Gasteiger partial charge < -0.3 is 15.2 Å². The number of hydrogen-bond acceptors (Lipinski definition) is 6. The number of aliphatic hydroxyl groups is 1. The fourth-order valence-electron chi connectivity index (χ4n) is 12.4. The molecule has 0 aromatic rings. The van der Waals surface area contributed by atoms with Crippen LogP contribution in [0.4, 0.5) is 0 Å². The van der Waals surface area contributed by atoms with Gasteiger partial charge in [-0.25, -0.2) is 5.01 Å². The van der Waals surface area contributed by atoms with Crippen molar-refractivity contribution < 1.29 is 24.2 Å². The van der Waals surface area contributed by atoms with Gasteiger partial charge in [-0.1, -0.05) is 54.0 Å². The number of carbonyl (C=O) groups excluding carboxylic acids is 3. The predicted molar refractivity (Wildman–Crippen MR) is 187 cm³/mol. The average molecular weight is 668 g/mol. The van der Waals surface area contributed by atoms with Crippen LogP contribution in [0.25, 0.3) is 0 Å². The molecule has 8 heteroatoms. The van der Waals surface area contributed by atoms with E-state index in [0.29, 0.717) is 38.6 Å². The Morgan fingerprint density at radius 2 is 1.60 bits per heavy atom. The van der Waals surface area contributed by atoms with Crippen molar-refractivity contribution in [2.45, 2.75) is 139 Å². The van der Waals surface area contributed by atoms with Crippen molar-refractivity contribution in [3.8, 4) is 0 Å². The average Bonchev–Trinajstić information content (AvgIpc) is 2.99. The highest BCUT2D eigenvalue weighted by Crippen LogP contribution is 2.75. The lowest BCUT2D eigenvalue weighted by atomic mass is 9.33. The summed E-state index contributed by atoms with van der Waals surface area (Å²) in [6, 6.07) is 0. The van der Waals surface area contributed by atoms with Gasteiger partial charge in [-0.2, -0.15) is 0 Å². The molecule has 0 aromatic carbocycles. The van der Waals surface area contributed by atoms with Crippen LogP contribution in [0.5, 0.6) is 0 Å². The zero-order chi connectivity index (χ0) is 35.3. The lowest BCUT2D eigenvalue weighted by Crippen LogP contribution is -2.66. The number of morpholine rings is 1. The van der Waals surface area contributed by atoms with Crippen LogP contribution in [0.2, 0.25) is 0 Å². The minimum atomic E-state index is -0.655. The monoisotopic (exact) mass is 667 g/mol. The highest BCUT2D eigenvalue weighted by atomic mass is 16.5. The predicted octanol–water partition coefficient (Wildman–Crippen LogP) is 6.32. The zero-order valence-electron chi connectivity index (χ0n) is 31.8. The van der Waals surface area contributed by atoms with Crippen molar-refractivity contribution >= 4 is 17.6 Å². The lowest BCUT2D eigenvalue weighted by molar-refractivity contribution is -0.203. The van der Waals surface area contributed by atoms with Crippen LogP contribution in [0.1, 0.15) is 127 Å². The standard InChI is InChI=1S/C40H65N3O5/c1-34(2,3)41-31(46)25-43(42-19-21-48-22-20-42)33(47)37(7)16-15-36(6)17-18-39(9)26(27(36)24-37)23-28(44)32-38(8)13-12-30(45)35(4,5)29(38)11-14-40(32,39)10/h23,27,29-30,32,45H,11-22,24-25H2,1-10H3,(H,41,46)/t27-,29-,30-,32+,36+,37-,38-,39+,40+/m0/s1. The number of hydrazine groups is 1. The van der Waals surface area contributed by atoms with E-state index in [-0.39, 0.29) is 69.2 Å².